The number of halogens is 1. The predicted molar refractivity (Wildman–Crippen MR) is 124 cm³/mol. The summed E-state index contributed by atoms with van der Waals surface area (Å²) in [5, 5.41) is 11.4. The molecule has 31 heavy (non-hydrogen) atoms. The summed E-state index contributed by atoms with van der Waals surface area (Å²) in [4.78, 5) is 12.6. The summed E-state index contributed by atoms with van der Waals surface area (Å²) in [5.41, 5.74) is 0.688. The largest absolute Gasteiger partial charge is 0.294 e. The van der Waals surface area contributed by atoms with Crippen LogP contribution < -0.4 is 0 Å². The van der Waals surface area contributed by atoms with E-state index in [4.69, 9.17) is 0 Å². The van der Waals surface area contributed by atoms with E-state index in [2.05, 4.69) is 34.0 Å². The number of para-hydroxylation sites is 1. The highest BCUT2D eigenvalue weighted by atomic mass is 79.9. The Morgan fingerprint density at radius 2 is 1.84 bits per heavy atom. The minimum absolute atomic E-state index is 0.0554. The molecule has 2 aromatic rings. The van der Waals surface area contributed by atoms with Crippen molar-refractivity contribution >= 4 is 31.6 Å². The molecule has 3 rings (SSSR count). The Morgan fingerprint density at radius 3 is 2.45 bits per heavy atom. The maximum atomic E-state index is 13.4. The van der Waals surface area contributed by atoms with E-state index in [1.807, 2.05) is 24.3 Å². The summed E-state index contributed by atoms with van der Waals surface area (Å²) >= 11 is 3.44. The minimum atomic E-state index is -4.10. The topological polar surface area (TPSA) is 83.8 Å². The van der Waals surface area contributed by atoms with Gasteiger partial charge in [0.25, 0.3) is 5.69 Å². The average Bonchev–Trinajstić information content (AvgIpc) is 2.74. The van der Waals surface area contributed by atoms with Gasteiger partial charge in [-0.05, 0) is 23.8 Å². The molecule has 0 N–H and O–H groups in total. The number of nitro groups is 1. The molecular formula is C22H24BrN3O4S. The summed E-state index contributed by atoms with van der Waals surface area (Å²) in [5.74, 6) is 0.140. The van der Waals surface area contributed by atoms with E-state index in [9.17, 15) is 18.5 Å². The van der Waals surface area contributed by atoms with Crippen molar-refractivity contribution in [2.45, 2.75) is 16.9 Å². The van der Waals surface area contributed by atoms with Crippen molar-refractivity contribution in [1.29, 1.82) is 0 Å². The van der Waals surface area contributed by atoms with Crippen LogP contribution in [0.15, 0.2) is 83.2 Å². The number of nitrogens with zero attached hydrogens (tertiary/aromatic N) is 3. The SMILES string of the molecule is C=CCN1C[C@H](c2ccc(Br)cc2)[C@@H]1CN(CC=C)S(=O)(=O)c1ccccc1[N+](=O)[O-]. The summed E-state index contributed by atoms with van der Waals surface area (Å²) in [6.45, 7) is 9.14. The molecule has 2 atom stereocenters. The lowest BCUT2D eigenvalue weighted by molar-refractivity contribution is -0.387. The van der Waals surface area contributed by atoms with Crippen LogP contribution in [0.2, 0.25) is 0 Å². The fourth-order valence-electron chi connectivity index (χ4n) is 3.87. The molecule has 0 bridgehead atoms. The maximum Gasteiger partial charge on any atom is 0.289 e. The van der Waals surface area contributed by atoms with E-state index in [0.717, 1.165) is 16.6 Å². The molecule has 0 unspecified atom stereocenters. The first-order valence-electron chi connectivity index (χ1n) is 9.74. The molecule has 1 aliphatic rings. The van der Waals surface area contributed by atoms with Gasteiger partial charge in [0, 0.05) is 48.7 Å². The third-order valence-corrected chi connectivity index (χ3v) is 7.84. The van der Waals surface area contributed by atoms with Crippen molar-refractivity contribution in [3.05, 3.63) is 94.0 Å². The maximum absolute atomic E-state index is 13.4. The van der Waals surface area contributed by atoms with Gasteiger partial charge in [-0.2, -0.15) is 4.31 Å². The fraction of sp³-hybridized carbons (Fsp3) is 0.273. The van der Waals surface area contributed by atoms with Crippen LogP contribution >= 0.6 is 15.9 Å². The van der Waals surface area contributed by atoms with Gasteiger partial charge < -0.3 is 0 Å². The molecular weight excluding hydrogens is 482 g/mol. The number of likely N-dealkylation sites (tertiary alicyclic amines) is 1. The minimum Gasteiger partial charge on any atom is -0.294 e. The zero-order chi connectivity index (χ0) is 22.6. The molecule has 2 aromatic carbocycles. The zero-order valence-corrected chi connectivity index (χ0v) is 19.3. The standard InChI is InChI=1S/C22H24BrN3O4S/c1-3-13-24-15-19(17-9-11-18(23)12-10-17)21(24)16-25(14-4-2)31(29,30)22-8-6-5-7-20(22)26(27)28/h3-12,19,21H,1-2,13-16H2/t19-,21+/m1/s1. The molecule has 0 amide bonds. The Bertz CT molecular complexity index is 1070. The van der Waals surface area contributed by atoms with Gasteiger partial charge in [-0.25, -0.2) is 8.42 Å². The summed E-state index contributed by atoms with van der Waals surface area (Å²) in [6, 6.07) is 13.3. The smallest absolute Gasteiger partial charge is 0.289 e. The lowest BCUT2D eigenvalue weighted by Gasteiger charge is -2.49. The van der Waals surface area contributed by atoms with Crippen LogP contribution in [-0.4, -0.2) is 54.8 Å². The lowest BCUT2D eigenvalue weighted by Crippen LogP contribution is -2.59. The first-order valence-corrected chi connectivity index (χ1v) is 12.0. The van der Waals surface area contributed by atoms with Crippen LogP contribution in [0.3, 0.4) is 0 Å². The molecule has 1 fully saturated rings. The molecule has 0 spiro atoms. The third kappa shape index (κ3) is 4.95. The van der Waals surface area contributed by atoms with Crippen molar-refractivity contribution in [2.75, 3.05) is 26.2 Å². The van der Waals surface area contributed by atoms with Crippen LogP contribution in [0.5, 0.6) is 0 Å². The Hall–Kier alpha value is -2.33. The highest BCUT2D eigenvalue weighted by Gasteiger charge is 2.42. The van der Waals surface area contributed by atoms with Crippen molar-refractivity contribution in [1.82, 2.24) is 9.21 Å². The van der Waals surface area contributed by atoms with E-state index in [1.54, 1.807) is 6.08 Å². The van der Waals surface area contributed by atoms with Crippen LogP contribution in [0.4, 0.5) is 5.69 Å². The van der Waals surface area contributed by atoms with E-state index < -0.39 is 20.6 Å². The monoisotopic (exact) mass is 505 g/mol. The van der Waals surface area contributed by atoms with Gasteiger partial charge in [-0.3, -0.25) is 15.0 Å². The normalized spacial score (nSPS) is 19.0. The van der Waals surface area contributed by atoms with Crippen molar-refractivity contribution in [3.8, 4) is 0 Å². The van der Waals surface area contributed by atoms with Crippen molar-refractivity contribution in [2.24, 2.45) is 0 Å². The van der Waals surface area contributed by atoms with Crippen LogP contribution in [0, 0.1) is 10.1 Å². The Kier molecular flexibility index (Phi) is 7.42. The van der Waals surface area contributed by atoms with Crippen molar-refractivity contribution < 1.29 is 13.3 Å². The zero-order valence-electron chi connectivity index (χ0n) is 16.9. The Morgan fingerprint density at radius 1 is 1.16 bits per heavy atom. The molecule has 9 heteroatoms. The molecule has 0 saturated carbocycles. The number of rotatable bonds is 10. The lowest BCUT2D eigenvalue weighted by atomic mass is 9.82. The van der Waals surface area contributed by atoms with Crippen molar-refractivity contribution in [3.63, 3.8) is 0 Å². The fourth-order valence-corrected chi connectivity index (χ4v) is 5.72. The predicted octanol–water partition coefficient (Wildman–Crippen LogP) is 4.19. The van der Waals surface area contributed by atoms with Gasteiger partial charge in [0.2, 0.25) is 10.0 Å². The number of nitro benzene ring substituents is 1. The van der Waals surface area contributed by atoms with E-state index >= 15 is 0 Å². The first-order chi connectivity index (χ1) is 14.8. The summed E-state index contributed by atoms with van der Waals surface area (Å²) in [6.07, 6.45) is 3.29. The number of hydrogen-bond donors (Lipinski definition) is 0. The molecule has 7 nitrogen and oxygen atoms in total. The van der Waals surface area contributed by atoms with E-state index in [-0.39, 0.29) is 29.9 Å². The Labute approximate surface area is 191 Å². The molecule has 0 radical (unpaired) electrons. The number of sulfonamides is 1. The van der Waals surface area contributed by atoms with Gasteiger partial charge in [0.15, 0.2) is 4.90 Å². The summed E-state index contributed by atoms with van der Waals surface area (Å²) in [7, 11) is -4.10. The third-order valence-electron chi connectivity index (χ3n) is 5.43. The van der Waals surface area contributed by atoms with Gasteiger partial charge in [0.05, 0.1) is 4.92 Å². The van der Waals surface area contributed by atoms with Crippen LogP contribution in [0.25, 0.3) is 0 Å². The van der Waals surface area contributed by atoms with E-state index in [0.29, 0.717) is 6.54 Å². The molecule has 1 heterocycles. The molecule has 1 saturated heterocycles. The highest BCUT2D eigenvalue weighted by Crippen LogP contribution is 2.36. The van der Waals surface area contributed by atoms with Gasteiger partial charge >= 0.3 is 0 Å². The van der Waals surface area contributed by atoms with Crippen LogP contribution in [0.1, 0.15) is 11.5 Å². The summed E-state index contributed by atoms with van der Waals surface area (Å²) < 4.78 is 29.1. The Balaban J connectivity index is 1.94. The first kappa shape index (κ1) is 23.3. The molecule has 0 aliphatic carbocycles. The number of benzene rings is 2. The highest BCUT2D eigenvalue weighted by molar-refractivity contribution is 9.10. The van der Waals surface area contributed by atoms with E-state index in [1.165, 1.54) is 34.6 Å². The van der Waals surface area contributed by atoms with Gasteiger partial charge in [-0.1, -0.05) is 52.3 Å². The molecule has 1 aliphatic heterocycles. The van der Waals surface area contributed by atoms with Gasteiger partial charge in [-0.15, -0.1) is 13.2 Å². The second kappa shape index (κ2) is 9.86. The quantitative estimate of drug-likeness (QED) is 0.274. The molecule has 164 valence electrons. The second-order valence-corrected chi connectivity index (χ2v) is 10.1. The number of hydrogen-bond acceptors (Lipinski definition) is 5. The second-order valence-electron chi connectivity index (χ2n) is 7.30. The average molecular weight is 506 g/mol. The van der Waals surface area contributed by atoms with Crippen LogP contribution in [-0.2, 0) is 10.0 Å². The molecule has 0 aromatic heterocycles. The van der Waals surface area contributed by atoms with Gasteiger partial charge in [0.1, 0.15) is 0 Å².